The molecule has 1 amide bonds. The van der Waals surface area contributed by atoms with Crippen LogP contribution < -0.4 is 0 Å². The Bertz CT molecular complexity index is 634. The van der Waals surface area contributed by atoms with E-state index in [1.165, 1.54) is 18.3 Å². The highest BCUT2D eigenvalue weighted by Gasteiger charge is 2.33. The number of rotatable bonds is 4. The number of amides is 1. The van der Waals surface area contributed by atoms with E-state index in [1.54, 1.807) is 4.90 Å². The number of furan rings is 1. The van der Waals surface area contributed by atoms with E-state index in [9.17, 15) is 9.18 Å². The zero-order valence-corrected chi connectivity index (χ0v) is 11.2. The van der Waals surface area contributed by atoms with Gasteiger partial charge in [-0.3, -0.25) is 4.79 Å². The van der Waals surface area contributed by atoms with Crippen molar-refractivity contribution in [1.82, 2.24) is 9.88 Å². The van der Waals surface area contributed by atoms with E-state index in [4.69, 9.17) is 4.42 Å². The molecule has 0 atom stereocenters. The lowest BCUT2D eigenvalue weighted by atomic mass is 10.2. The number of halogens is 1. The maximum Gasteiger partial charge on any atom is 0.254 e. The molecule has 2 aromatic heterocycles. The van der Waals surface area contributed by atoms with Gasteiger partial charge in [0, 0.05) is 23.9 Å². The topological polar surface area (TPSA) is 46.3 Å². The van der Waals surface area contributed by atoms with Gasteiger partial charge in [0.1, 0.15) is 11.5 Å². The lowest BCUT2D eigenvalue weighted by Gasteiger charge is -2.21. The second kappa shape index (κ2) is 5.07. The summed E-state index contributed by atoms with van der Waals surface area (Å²) in [5.41, 5.74) is 0.327. The lowest BCUT2D eigenvalue weighted by Crippen LogP contribution is -2.32. The zero-order valence-electron chi connectivity index (χ0n) is 11.2. The Morgan fingerprint density at radius 3 is 2.85 bits per heavy atom. The van der Waals surface area contributed by atoms with Crippen molar-refractivity contribution in [2.45, 2.75) is 32.4 Å². The Labute approximate surface area is 116 Å². The van der Waals surface area contributed by atoms with E-state index in [0.717, 1.165) is 24.4 Å². The number of carbonyl (C=O) groups is 1. The van der Waals surface area contributed by atoms with Crippen molar-refractivity contribution in [3.05, 3.63) is 53.5 Å². The number of hydrogen-bond donors (Lipinski definition) is 0. The summed E-state index contributed by atoms with van der Waals surface area (Å²) in [6.45, 7) is 2.28. The molecular weight excluding hydrogens is 259 g/mol. The SMILES string of the molecule is Cc1ccc(CN(C(=O)c2ccnc(F)c2)C2CC2)o1. The molecule has 3 rings (SSSR count). The molecule has 0 N–H and O–H groups in total. The van der Waals surface area contributed by atoms with Crippen LogP contribution in [0.2, 0.25) is 0 Å². The number of aromatic nitrogens is 1. The molecule has 0 aliphatic heterocycles. The molecule has 1 aliphatic rings. The highest BCUT2D eigenvalue weighted by molar-refractivity contribution is 5.94. The minimum atomic E-state index is -0.638. The van der Waals surface area contributed by atoms with Gasteiger partial charge in [-0.2, -0.15) is 4.39 Å². The third-order valence-corrected chi connectivity index (χ3v) is 3.34. The number of hydrogen-bond acceptors (Lipinski definition) is 3. The molecule has 0 radical (unpaired) electrons. The van der Waals surface area contributed by atoms with Gasteiger partial charge < -0.3 is 9.32 Å². The lowest BCUT2D eigenvalue weighted by molar-refractivity contribution is 0.0716. The molecule has 104 valence electrons. The van der Waals surface area contributed by atoms with E-state index >= 15 is 0 Å². The molecule has 0 saturated heterocycles. The predicted octanol–water partition coefficient (Wildman–Crippen LogP) is 2.93. The smallest absolute Gasteiger partial charge is 0.254 e. The quantitative estimate of drug-likeness (QED) is 0.805. The second-order valence-corrected chi connectivity index (χ2v) is 5.04. The van der Waals surface area contributed by atoms with Crippen LogP contribution in [-0.2, 0) is 6.54 Å². The predicted molar refractivity (Wildman–Crippen MR) is 70.5 cm³/mol. The van der Waals surface area contributed by atoms with Gasteiger partial charge in [-0.05, 0) is 38.0 Å². The minimum absolute atomic E-state index is 0.178. The maximum absolute atomic E-state index is 13.1. The normalized spacial score (nSPS) is 14.3. The summed E-state index contributed by atoms with van der Waals surface area (Å²) in [5, 5.41) is 0. The van der Waals surface area contributed by atoms with Crippen molar-refractivity contribution in [1.29, 1.82) is 0 Å². The molecule has 1 saturated carbocycles. The molecule has 20 heavy (non-hydrogen) atoms. The monoisotopic (exact) mass is 274 g/mol. The number of aryl methyl sites for hydroxylation is 1. The Balaban J connectivity index is 1.81. The molecule has 0 unspecified atom stereocenters. The Hall–Kier alpha value is -2.17. The highest BCUT2D eigenvalue weighted by atomic mass is 19.1. The van der Waals surface area contributed by atoms with Crippen LogP contribution in [0, 0.1) is 12.9 Å². The van der Waals surface area contributed by atoms with Gasteiger partial charge in [0.2, 0.25) is 5.95 Å². The summed E-state index contributed by atoms with van der Waals surface area (Å²) >= 11 is 0. The first kappa shape index (κ1) is 12.8. The number of pyridine rings is 1. The molecule has 5 heteroatoms. The van der Waals surface area contributed by atoms with Crippen LogP contribution >= 0.6 is 0 Å². The largest absolute Gasteiger partial charge is 0.464 e. The average molecular weight is 274 g/mol. The van der Waals surface area contributed by atoms with Crippen LogP contribution in [0.15, 0.2) is 34.9 Å². The number of nitrogens with zero attached hydrogens (tertiary/aromatic N) is 2. The Morgan fingerprint density at radius 1 is 1.45 bits per heavy atom. The van der Waals surface area contributed by atoms with Crippen LogP contribution in [0.25, 0.3) is 0 Å². The summed E-state index contributed by atoms with van der Waals surface area (Å²) < 4.78 is 18.7. The molecule has 4 nitrogen and oxygen atoms in total. The van der Waals surface area contributed by atoms with Gasteiger partial charge >= 0.3 is 0 Å². The molecule has 2 aromatic rings. The fourth-order valence-corrected chi connectivity index (χ4v) is 2.19. The average Bonchev–Trinajstić information content (AvgIpc) is 3.19. The fraction of sp³-hybridized carbons (Fsp3) is 0.333. The second-order valence-electron chi connectivity index (χ2n) is 5.04. The summed E-state index contributed by atoms with van der Waals surface area (Å²) in [4.78, 5) is 17.7. The minimum Gasteiger partial charge on any atom is -0.464 e. The van der Waals surface area contributed by atoms with Crippen molar-refractivity contribution in [2.75, 3.05) is 0 Å². The van der Waals surface area contributed by atoms with E-state index in [1.807, 2.05) is 19.1 Å². The van der Waals surface area contributed by atoms with Gasteiger partial charge in [-0.25, -0.2) is 4.98 Å². The molecular formula is C15H15FN2O2. The number of carbonyl (C=O) groups excluding carboxylic acids is 1. The summed E-state index contributed by atoms with van der Waals surface area (Å²) in [7, 11) is 0. The van der Waals surface area contributed by atoms with E-state index < -0.39 is 5.95 Å². The fourth-order valence-electron chi connectivity index (χ4n) is 2.19. The molecule has 0 spiro atoms. The van der Waals surface area contributed by atoms with Gasteiger partial charge in [0.25, 0.3) is 5.91 Å². The van der Waals surface area contributed by atoms with Crippen molar-refractivity contribution >= 4 is 5.91 Å². The van der Waals surface area contributed by atoms with Gasteiger partial charge in [-0.15, -0.1) is 0 Å². The Morgan fingerprint density at radius 2 is 2.25 bits per heavy atom. The highest BCUT2D eigenvalue weighted by Crippen LogP contribution is 2.30. The van der Waals surface area contributed by atoms with Crippen LogP contribution in [-0.4, -0.2) is 21.8 Å². The first-order valence-corrected chi connectivity index (χ1v) is 6.61. The van der Waals surface area contributed by atoms with Crippen molar-refractivity contribution < 1.29 is 13.6 Å². The first-order chi connectivity index (χ1) is 9.63. The molecule has 1 aliphatic carbocycles. The third kappa shape index (κ3) is 2.71. The van der Waals surface area contributed by atoms with E-state index in [2.05, 4.69) is 4.98 Å². The molecule has 0 aromatic carbocycles. The van der Waals surface area contributed by atoms with Crippen LogP contribution in [0.4, 0.5) is 4.39 Å². The first-order valence-electron chi connectivity index (χ1n) is 6.61. The molecule has 2 heterocycles. The molecule has 0 bridgehead atoms. The van der Waals surface area contributed by atoms with Crippen molar-refractivity contribution in [3.8, 4) is 0 Å². The maximum atomic E-state index is 13.1. The summed E-state index contributed by atoms with van der Waals surface area (Å²) in [6, 6.07) is 6.67. The van der Waals surface area contributed by atoms with Crippen molar-refractivity contribution in [2.24, 2.45) is 0 Å². The third-order valence-electron chi connectivity index (χ3n) is 3.34. The van der Waals surface area contributed by atoms with Gasteiger partial charge in [0.05, 0.1) is 6.54 Å². The van der Waals surface area contributed by atoms with Gasteiger partial charge in [-0.1, -0.05) is 0 Å². The van der Waals surface area contributed by atoms with Crippen LogP contribution in [0.5, 0.6) is 0 Å². The zero-order chi connectivity index (χ0) is 14.1. The summed E-state index contributed by atoms with van der Waals surface area (Å²) in [5.74, 6) is 0.749. The van der Waals surface area contributed by atoms with Gasteiger partial charge in [0.15, 0.2) is 0 Å². The van der Waals surface area contributed by atoms with Crippen LogP contribution in [0.1, 0.15) is 34.7 Å². The van der Waals surface area contributed by atoms with E-state index in [0.29, 0.717) is 12.1 Å². The summed E-state index contributed by atoms with van der Waals surface area (Å²) in [6.07, 6.45) is 3.28. The van der Waals surface area contributed by atoms with Crippen molar-refractivity contribution in [3.63, 3.8) is 0 Å². The standard InChI is InChI=1S/C15H15FN2O2/c1-10-2-5-13(20-10)9-18(12-3-4-12)15(19)11-6-7-17-14(16)8-11/h2,5-8,12H,3-4,9H2,1H3. The van der Waals surface area contributed by atoms with E-state index in [-0.39, 0.29) is 11.9 Å². The van der Waals surface area contributed by atoms with Crippen LogP contribution in [0.3, 0.4) is 0 Å². The molecule has 1 fully saturated rings. The Kier molecular flexibility index (Phi) is 3.26.